The van der Waals surface area contributed by atoms with Crippen molar-refractivity contribution in [2.45, 2.75) is 51.4 Å². The Morgan fingerprint density at radius 1 is 0.880 bits per heavy atom. The van der Waals surface area contributed by atoms with Crippen LogP contribution in [0, 0.1) is 0 Å². The van der Waals surface area contributed by atoms with E-state index in [1.54, 1.807) is 0 Å². The summed E-state index contributed by atoms with van der Waals surface area (Å²) in [5, 5.41) is 11.2. The van der Waals surface area contributed by atoms with Crippen LogP contribution >= 0.6 is 0 Å². The first-order chi connectivity index (χ1) is 12.2. The molecule has 0 aromatic heterocycles. The van der Waals surface area contributed by atoms with Crippen LogP contribution in [0.2, 0.25) is 0 Å². The zero-order valence-electron chi connectivity index (χ0n) is 14.9. The average molecular weight is 340 g/mol. The van der Waals surface area contributed by atoms with Crippen molar-refractivity contribution in [1.29, 1.82) is 0 Å². The minimum atomic E-state index is -0.869. The molecule has 134 valence electrons. The van der Waals surface area contributed by atoms with Gasteiger partial charge in [0.2, 0.25) is 0 Å². The molecule has 0 bridgehead atoms. The lowest BCUT2D eigenvalue weighted by Crippen LogP contribution is -1.98. The minimum Gasteiger partial charge on any atom is -0.494 e. The summed E-state index contributed by atoms with van der Waals surface area (Å²) in [5.74, 6) is 0.0729. The number of fused-ring (bicyclic) bond motifs is 1. The molecule has 3 heteroatoms. The molecule has 0 saturated carbocycles. The first kappa shape index (κ1) is 19.0. The van der Waals surface area contributed by atoms with Gasteiger partial charge < -0.3 is 9.84 Å². The molecule has 2 rings (SSSR count). The van der Waals surface area contributed by atoms with Gasteiger partial charge in [0.1, 0.15) is 5.75 Å². The molecule has 0 fully saturated rings. The molecule has 25 heavy (non-hydrogen) atoms. The maximum absolute atomic E-state index is 10.6. The normalized spacial score (nSPS) is 10.7. The Balaban J connectivity index is 1.49. The van der Waals surface area contributed by atoms with E-state index in [9.17, 15) is 4.79 Å². The third kappa shape index (κ3) is 7.00. The zero-order chi connectivity index (χ0) is 17.9. The number of hydrogen-bond acceptors (Lipinski definition) is 2. The SMILES string of the molecule is C=C(CCCCCCCCCOc1ccc2ccccc2c1)C(=O)O. The summed E-state index contributed by atoms with van der Waals surface area (Å²) in [6.07, 6.45) is 8.44. The standard InChI is InChI=1S/C22H28O3/c1-18(22(23)24)11-7-5-3-2-4-6-10-16-25-21-15-14-19-12-8-9-13-20(19)17-21/h8-9,12-15,17H,1-7,10-11,16H2,(H,23,24). The molecule has 0 atom stereocenters. The molecule has 0 radical (unpaired) electrons. The number of hydrogen-bond donors (Lipinski definition) is 1. The van der Waals surface area contributed by atoms with E-state index in [1.807, 2.05) is 18.2 Å². The molecule has 0 saturated heterocycles. The molecule has 3 nitrogen and oxygen atoms in total. The Bertz CT molecular complexity index is 690. The largest absolute Gasteiger partial charge is 0.494 e. The van der Waals surface area contributed by atoms with Crippen molar-refractivity contribution in [2.24, 2.45) is 0 Å². The van der Waals surface area contributed by atoms with Crippen LogP contribution in [0.4, 0.5) is 0 Å². The van der Waals surface area contributed by atoms with Crippen molar-refractivity contribution in [3.8, 4) is 5.75 Å². The number of ether oxygens (including phenoxy) is 1. The summed E-state index contributed by atoms with van der Waals surface area (Å²) in [7, 11) is 0. The van der Waals surface area contributed by atoms with Gasteiger partial charge in [0, 0.05) is 5.57 Å². The predicted molar refractivity (Wildman–Crippen MR) is 103 cm³/mol. The Morgan fingerprint density at radius 3 is 2.24 bits per heavy atom. The van der Waals surface area contributed by atoms with E-state index in [0.717, 1.165) is 31.6 Å². The molecule has 2 aromatic carbocycles. The Morgan fingerprint density at radius 2 is 1.52 bits per heavy atom. The first-order valence-corrected chi connectivity index (χ1v) is 9.19. The number of aliphatic carboxylic acids is 1. The molecular formula is C22H28O3. The van der Waals surface area contributed by atoms with E-state index in [4.69, 9.17) is 9.84 Å². The van der Waals surface area contributed by atoms with Gasteiger partial charge in [-0.25, -0.2) is 4.79 Å². The van der Waals surface area contributed by atoms with Crippen molar-refractivity contribution in [2.75, 3.05) is 6.61 Å². The third-order valence-electron chi connectivity index (χ3n) is 4.42. The van der Waals surface area contributed by atoms with Crippen LogP contribution in [-0.2, 0) is 4.79 Å². The van der Waals surface area contributed by atoms with Crippen LogP contribution in [0.5, 0.6) is 5.75 Å². The highest BCUT2D eigenvalue weighted by Crippen LogP contribution is 2.21. The zero-order valence-corrected chi connectivity index (χ0v) is 14.9. The smallest absolute Gasteiger partial charge is 0.330 e. The lowest BCUT2D eigenvalue weighted by atomic mass is 10.1. The van der Waals surface area contributed by atoms with Crippen LogP contribution in [0.3, 0.4) is 0 Å². The molecule has 0 heterocycles. The van der Waals surface area contributed by atoms with Gasteiger partial charge in [0.25, 0.3) is 0 Å². The van der Waals surface area contributed by atoms with E-state index in [0.29, 0.717) is 12.0 Å². The fourth-order valence-electron chi connectivity index (χ4n) is 2.88. The summed E-state index contributed by atoms with van der Waals surface area (Å²) in [6, 6.07) is 14.5. The number of carbonyl (C=O) groups is 1. The van der Waals surface area contributed by atoms with Crippen LogP contribution < -0.4 is 4.74 Å². The van der Waals surface area contributed by atoms with Crippen LogP contribution in [0.25, 0.3) is 10.8 Å². The number of benzene rings is 2. The summed E-state index contributed by atoms with van der Waals surface area (Å²) in [4.78, 5) is 10.6. The van der Waals surface area contributed by atoms with Crippen LogP contribution in [0.1, 0.15) is 51.4 Å². The lowest BCUT2D eigenvalue weighted by Gasteiger charge is -2.07. The first-order valence-electron chi connectivity index (χ1n) is 9.19. The third-order valence-corrected chi connectivity index (χ3v) is 4.42. The second-order valence-corrected chi connectivity index (χ2v) is 6.49. The van der Waals surface area contributed by atoms with Crippen molar-refractivity contribution in [3.05, 3.63) is 54.6 Å². The number of carboxylic acids is 1. The van der Waals surface area contributed by atoms with E-state index in [-0.39, 0.29) is 0 Å². The van der Waals surface area contributed by atoms with E-state index >= 15 is 0 Å². The predicted octanol–water partition coefficient (Wildman–Crippen LogP) is 5.98. The second kappa shape index (κ2) is 10.5. The number of unbranched alkanes of at least 4 members (excludes halogenated alkanes) is 6. The van der Waals surface area contributed by atoms with Crippen LogP contribution in [0.15, 0.2) is 54.6 Å². The van der Waals surface area contributed by atoms with Gasteiger partial charge in [-0.3, -0.25) is 0 Å². The van der Waals surface area contributed by atoms with E-state index in [1.165, 1.54) is 36.5 Å². The fraction of sp³-hybridized carbons (Fsp3) is 0.409. The van der Waals surface area contributed by atoms with Gasteiger partial charge in [-0.05, 0) is 42.2 Å². The summed E-state index contributed by atoms with van der Waals surface area (Å²) in [6.45, 7) is 4.31. The monoisotopic (exact) mass is 340 g/mol. The number of carboxylic acid groups (broad SMARTS) is 1. The van der Waals surface area contributed by atoms with Gasteiger partial charge in [-0.15, -0.1) is 0 Å². The molecule has 1 N–H and O–H groups in total. The molecule has 0 aliphatic heterocycles. The van der Waals surface area contributed by atoms with Crippen molar-refractivity contribution < 1.29 is 14.6 Å². The Hall–Kier alpha value is -2.29. The highest BCUT2D eigenvalue weighted by molar-refractivity contribution is 5.85. The topological polar surface area (TPSA) is 46.5 Å². The Labute approximate surface area is 150 Å². The number of rotatable bonds is 12. The molecular weight excluding hydrogens is 312 g/mol. The van der Waals surface area contributed by atoms with Gasteiger partial charge in [0.05, 0.1) is 6.61 Å². The second-order valence-electron chi connectivity index (χ2n) is 6.49. The maximum Gasteiger partial charge on any atom is 0.330 e. The highest BCUT2D eigenvalue weighted by atomic mass is 16.5. The summed E-state index contributed by atoms with van der Waals surface area (Å²) < 4.78 is 5.84. The highest BCUT2D eigenvalue weighted by Gasteiger charge is 2.02. The van der Waals surface area contributed by atoms with Gasteiger partial charge in [0.15, 0.2) is 0 Å². The summed E-state index contributed by atoms with van der Waals surface area (Å²) in [5.41, 5.74) is 0.325. The van der Waals surface area contributed by atoms with E-state index < -0.39 is 5.97 Å². The maximum atomic E-state index is 10.6. The quantitative estimate of drug-likeness (QED) is 0.382. The van der Waals surface area contributed by atoms with Crippen molar-refractivity contribution in [1.82, 2.24) is 0 Å². The van der Waals surface area contributed by atoms with Gasteiger partial charge >= 0.3 is 5.97 Å². The lowest BCUT2D eigenvalue weighted by molar-refractivity contribution is -0.132. The molecule has 0 spiro atoms. The Kier molecular flexibility index (Phi) is 8.03. The van der Waals surface area contributed by atoms with E-state index in [2.05, 4.69) is 30.8 Å². The summed E-state index contributed by atoms with van der Waals surface area (Å²) >= 11 is 0. The average Bonchev–Trinajstić information content (AvgIpc) is 2.62. The molecule has 0 unspecified atom stereocenters. The van der Waals surface area contributed by atoms with Crippen LogP contribution in [-0.4, -0.2) is 17.7 Å². The van der Waals surface area contributed by atoms with Gasteiger partial charge in [-0.1, -0.05) is 69.0 Å². The van der Waals surface area contributed by atoms with Crippen molar-refractivity contribution in [3.63, 3.8) is 0 Å². The fourth-order valence-corrected chi connectivity index (χ4v) is 2.88. The molecule has 0 aliphatic carbocycles. The molecule has 0 amide bonds. The minimum absolute atomic E-state index is 0.325. The van der Waals surface area contributed by atoms with Crippen molar-refractivity contribution >= 4 is 16.7 Å². The molecule has 0 aliphatic rings. The molecule has 2 aromatic rings. The van der Waals surface area contributed by atoms with Gasteiger partial charge in [-0.2, -0.15) is 0 Å².